The summed E-state index contributed by atoms with van der Waals surface area (Å²) in [5.41, 5.74) is 0.612. The standard InChI is InChI=1S/C15H18BrNO2/c1-15(2,3)17-13(18)8-11(9-14(17)19)10-5-4-6-12(16)7-10/h4-7,11H,8-9H2,1-3H3. The predicted molar refractivity (Wildman–Crippen MR) is 77.7 cm³/mol. The maximum Gasteiger partial charge on any atom is 0.230 e. The Morgan fingerprint density at radius 2 is 1.74 bits per heavy atom. The van der Waals surface area contributed by atoms with Gasteiger partial charge in [0, 0.05) is 28.8 Å². The van der Waals surface area contributed by atoms with E-state index in [1.165, 1.54) is 4.90 Å². The summed E-state index contributed by atoms with van der Waals surface area (Å²) >= 11 is 3.42. The number of hydrogen-bond donors (Lipinski definition) is 0. The van der Waals surface area contributed by atoms with Crippen molar-refractivity contribution in [2.75, 3.05) is 0 Å². The molecule has 102 valence electrons. The van der Waals surface area contributed by atoms with Gasteiger partial charge < -0.3 is 0 Å². The third kappa shape index (κ3) is 3.06. The SMILES string of the molecule is CC(C)(C)N1C(=O)CC(c2cccc(Br)c2)CC1=O. The van der Waals surface area contributed by atoms with Crippen LogP contribution in [0.15, 0.2) is 28.7 Å². The van der Waals surface area contributed by atoms with Crippen molar-refractivity contribution in [3.05, 3.63) is 34.3 Å². The van der Waals surface area contributed by atoms with Crippen LogP contribution in [-0.4, -0.2) is 22.3 Å². The molecular weight excluding hydrogens is 306 g/mol. The Hall–Kier alpha value is -1.16. The Labute approximate surface area is 122 Å². The van der Waals surface area contributed by atoms with Gasteiger partial charge in [0.05, 0.1) is 0 Å². The van der Waals surface area contributed by atoms with Crippen molar-refractivity contribution in [1.29, 1.82) is 0 Å². The van der Waals surface area contributed by atoms with Gasteiger partial charge in [-0.15, -0.1) is 0 Å². The molecule has 0 aromatic heterocycles. The van der Waals surface area contributed by atoms with Gasteiger partial charge in [-0.3, -0.25) is 14.5 Å². The van der Waals surface area contributed by atoms with Crippen molar-refractivity contribution >= 4 is 27.7 Å². The van der Waals surface area contributed by atoms with Crippen LogP contribution in [0.4, 0.5) is 0 Å². The molecule has 1 aliphatic heterocycles. The van der Waals surface area contributed by atoms with Gasteiger partial charge in [-0.25, -0.2) is 0 Å². The molecule has 3 nitrogen and oxygen atoms in total. The Morgan fingerprint density at radius 3 is 2.21 bits per heavy atom. The van der Waals surface area contributed by atoms with Crippen molar-refractivity contribution in [2.24, 2.45) is 0 Å². The number of halogens is 1. The van der Waals surface area contributed by atoms with E-state index in [-0.39, 0.29) is 17.7 Å². The second kappa shape index (κ2) is 5.08. The Morgan fingerprint density at radius 1 is 1.16 bits per heavy atom. The van der Waals surface area contributed by atoms with E-state index in [0.29, 0.717) is 12.8 Å². The fourth-order valence-electron chi connectivity index (χ4n) is 2.56. The molecule has 2 rings (SSSR count). The monoisotopic (exact) mass is 323 g/mol. The lowest BCUT2D eigenvalue weighted by atomic mass is 9.86. The summed E-state index contributed by atoms with van der Waals surface area (Å²) in [6.45, 7) is 5.67. The molecule has 0 atom stereocenters. The number of piperidine rings is 1. The van der Waals surface area contributed by atoms with Gasteiger partial charge in [-0.2, -0.15) is 0 Å². The molecule has 0 N–H and O–H groups in total. The number of benzene rings is 1. The zero-order valence-electron chi connectivity index (χ0n) is 11.4. The molecular formula is C15H18BrNO2. The van der Waals surface area contributed by atoms with Crippen LogP contribution in [0.5, 0.6) is 0 Å². The first-order valence-corrected chi connectivity index (χ1v) is 7.19. The number of carbonyl (C=O) groups excluding carboxylic acids is 2. The molecule has 1 aromatic rings. The van der Waals surface area contributed by atoms with E-state index in [1.807, 2.05) is 45.0 Å². The smallest absolute Gasteiger partial charge is 0.230 e. The molecule has 2 amide bonds. The first-order valence-electron chi connectivity index (χ1n) is 6.40. The average Bonchev–Trinajstić information content (AvgIpc) is 2.25. The van der Waals surface area contributed by atoms with Crippen LogP contribution in [0.3, 0.4) is 0 Å². The summed E-state index contributed by atoms with van der Waals surface area (Å²) in [6, 6.07) is 7.84. The molecule has 19 heavy (non-hydrogen) atoms. The van der Waals surface area contributed by atoms with E-state index < -0.39 is 5.54 Å². The highest BCUT2D eigenvalue weighted by molar-refractivity contribution is 9.10. The van der Waals surface area contributed by atoms with Crippen LogP contribution in [0.25, 0.3) is 0 Å². The minimum absolute atomic E-state index is 0.00361. The minimum atomic E-state index is -0.434. The molecule has 1 aliphatic rings. The number of amides is 2. The molecule has 1 fully saturated rings. The van der Waals surface area contributed by atoms with Crippen molar-refractivity contribution in [3.63, 3.8) is 0 Å². The number of carbonyl (C=O) groups is 2. The first-order chi connectivity index (χ1) is 8.79. The zero-order chi connectivity index (χ0) is 14.2. The normalized spacial score (nSPS) is 18.0. The molecule has 1 heterocycles. The minimum Gasteiger partial charge on any atom is -0.277 e. The fraction of sp³-hybridized carbons (Fsp3) is 0.467. The molecule has 0 spiro atoms. The Balaban J connectivity index is 2.23. The number of imide groups is 1. The van der Waals surface area contributed by atoms with Crippen molar-refractivity contribution in [2.45, 2.75) is 45.1 Å². The van der Waals surface area contributed by atoms with Crippen molar-refractivity contribution in [3.8, 4) is 0 Å². The molecule has 1 saturated heterocycles. The highest BCUT2D eigenvalue weighted by Gasteiger charge is 2.39. The van der Waals surface area contributed by atoms with Gasteiger partial charge in [0.15, 0.2) is 0 Å². The molecule has 4 heteroatoms. The summed E-state index contributed by atoms with van der Waals surface area (Å²) in [5, 5.41) is 0. The lowest BCUT2D eigenvalue weighted by Crippen LogP contribution is -2.52. The lowest BCUT2D eigenvalue weighted by molar-refractivity contribution is -0.154. The van der Waals surface area contributed by atoms with E-state index in [2.05, 4.69) is 15.9 Å². The first kappa shape index (κ1) is 14.3. The lowest BCUT2D eigenvalue weighted by Gasteiger charge is -2.39. The second-order valence-corrected chi connectivity index (χ2v) is 6.87. The molecule has 1 aromatic carbocycles. The van der Waals surface area contributed by atoms with Gasteiger partial charge in [0.25, 0.3) is 0 Å². The number of hydrogen-bond acceptors (Lipinski definition) is 2. The largest absolute Gasteiger partial charge is 0.277 e. The molecule has 0 bridgehead atoms. The highest BCUT2D eigenvalue weighted by atomic mass is 79.9. The zero-order valence-corrected chi connectivity index (χ0v) is 13.0. The van der Waals surface area contributed by atoms with Crippen LogP contribution < -0.4 is 0 Å². The Bertz CT molecular complexity index is 501. The van der Waals surface area contributed by atoms with Gasteiger partial charge in [0.1, 0.15) is 0 Å². The topological polar surface area (TPSA) is 37.4 Å². The van der Waals surface area contributed by atoms with Crippen LogP contribution in [0.1, 0.15) is 45.1 Å². The van der Waals surface area contributed by atoms with Crippen molar-refractivity contribution < 1.29 is 9.59 Å². The second-order valence-electron chi connectivity index (χ2n) is 5.95. The maximum absolute atomic E-state index is 12.2. The van der Waals surface area contributed by atoms with Crippen LogP contribution >= 0.6 is 15.9 Å². The quantitative estimate of drug-likeness (QED) is 0.742. The van der Waals surface area contributed by atoms with Crippen LogP contribution in [0.2, 0.25) is 0 Å². The number of nitrogens with zero attached hydrogens (tertiary/aromatic N) is 1. The summed E-state index contributed by atoms with van der Waals surface area (Å²) in [7, 11) is 0. The van der Waals surface area contributed by atoms with E-state index in [9.17, 15) is 9.59 Å². The third-order valence-corrected chi connectivity index (χ3v) is 3.82. The van der Waals surface area contributed by atoms with Gasteiger partial charge in [0.2, 0.25) is 11.8 Å². The number of likely N-dealkylation sites (tertiary alicyclic amines) is 1. The fourth-order valence-corrected chi connectivity index (χ4v) is 2.98. The van der Waals surface area contributed by atoms with Gasteiger partial charge >= 0.3 is 0 Å². The molecule has 0 saturated carbocycles. The van der Waals surface area contributed by atoms with Gasteiger partial charge in [-0.05, 0) is 38.5 Å². The highest BCUT2D eigenvalue weighted by Crippen LogP contribution is 2.33. The van der Waals surface area contributed by atoms with E-state index >= 15 is 0 Å². The summed E-state index contributed by atoms with van der Waals surface area (Å²) in [6.07, 6.45) is 0.804. The van der Waals surface area contributed by atoms with E-state index in [4.69, 9.17) is 0 Å². The summed E-state index contributed by atoms with van der Waals surface area (Å²) < 4.78 is 0.975. The van der Waals surface area contributed by atoms with E-state index in [0.717, 1.165) is 10.0 Å². The number of rotatable bonds is 1. The average molecular weight is 324 g/mol. The summed E-state index contributed by atoms with van der Waals surface area (Å²) in [4.78, 5) is 25.8. The predicted octanol–water partition coefficient (Wildman–Crippen LogP) is 3.48. The summed E-state index contributed by atoms with van der Waals surface area (Å²) in [5.74, 6) is -0.154. The third-order valence-electron chi connectivity index (χ3n) is 3.33. The molecule has 0 unspecified atom stereocenters. The van der Waals surface area contributed by atoms with E-state index in [1.54, 1.807) is 0 Å². The molecule has 0 aliphatic carbocycles. The van der Waals surface area contributed by atoms with Gasteiger partial charge in [-0.1, -0.05) is 28.1 Å². The van der Waals surface area contributed by atoms with Crippen molar-refractivity contribution in [1.82, 2.24) is 4.90 Å². The Kier molecular flexibility index (Phi) is 3.81. The van der Waals surface area contributed by atoms with Crippen LogP contribution in [0, 0.1) is 0 Å². The molecule has 0 radical (unpaired) electrons. The maximum atomic E-state index is 12.2. The van der Waals surface area contributed by atoms with Crippen LogP contribution in [-0.2, 0) is 9.59 Å².